The van der Waals surface area contributed by atoms with Gasteiger partial charge in [-0.1, -0.05) is 30.3 Å². The van der Waals surface area contributed by atoms with Crippen molar-refractivity contribution in [2.75, 3.05) is 53.0 Å². The van der Waals surface area contributed by atoms with Crippen molar-refractivity contribution >= 4 is 15.9 Å². The Labute approximate surface area is 195 Å². The lowest BCUT2D eigenvalue weighted by molar-refractivity contribution is 0.0729. The van der Waals surface area contributed by atoms with Crippen molar-refractivity contribution in [2.45, 2.75) is 23.8 Å². The number of methoxy groups -OCH3 is 1. The van der Waals surface area contributed by atoms with Crippen LogP contribution in [0.3, 0.4) is 0 Å². The molecule has 2 aliphatic heterocycles. The number of hydrogen-bond donors (Lipinski definition) is 1. The summed E-state index contributed by atoms with van der Waals surface area (Å²) in [6.45, 7) is 3.69. The van der Waals surface area contributed by atoms with Crippen LogP contribution in [0.5, 0.6) is 5.75 Å². The summed E-state index contributed by atoms with van der Waals surface area (Å²) in [4.78, 5) is 15.4. The molecule has 2 fully saturated rings. The standard InChI is InChI=1S/C24H31N3O5S/c1-31-22-10-9-20(17-23(22)33(29,30)27-13-15-32-16-14-27)24(28)25-18-21(26-11-5-6-12-26)19-7-3-2-4-8-19/h2-4,7-10,17,21H,5-6,11-16,18H2,1H3,(H,25,28)/t21-/m1/s1. The van der Waals surface area contributed by atoms with Gasteiger partial charge in [0.15, 0.2) is 0 Å². The lowest BCUT2D eigenvalue weighted by Gasteiger charge is -2.28. The SMILES string of the molecule is COc1ccc(C(=O)NC[C@H](c2ccccc2)N2CCCC2)cc1S(=O)(=O)N1CCOCC1. The number of likely N-dealkylation sites (tertiary alicyclic amines) is 1. The lowest BCUT2D eigenvalue weighted by atomic mass is 10.1. The molecular weight excluding hydrogens is 442 g/mol. The first-order chi connectivity index (χ1) is 16.0. The third kappa shape index (κ3) is 5.38. The van der Waals surface area contributed by atoms with E-state index >= 15 is 0 Å². The number of hydrogen-bond acceptors (Lipinski definition) is 6. The molecular formula is C24H31N3O5S. The second-order valence-corrected chi connectivity index (χ2v) is 10.2. The molecule has 1 atom stereocenters. The van der Waals surface area contributed by atoms with E-state index in [9.17, 15) is 13.2 Å². The Kier molecular flexibility index (Phi) is 7.64. The van der Waals surface area contributed by atoms with Gasteiger partial charge in [-0.2, -0.15) is 4.31 Å². The van der Waals surface area contributed by atoms with Crippen LogP contribution < -0.4 is 10.1 Å². The van der Waals surface area contributed by atoms with Crippen LogP contribution in [0.15, 0.2) is 53.4 Å². The molecule has 0 radical (unpaired) electrons. The quantitative estimate of drug-likeness (QED) is 0.633. The van der Waals surface area contributed by atoms with Gasteiger partial charge in [-0.3, -0.25) is 9.69 Å². The van der Waals surface area contributed by atoms with Crippen molar-refractivity contribution in [2.24, 2.45) is 0 Å². The van der Waals surface area contributed by atoms with Crippen molar-refractivity contribution in [3.05, 3.63) is 59.7 Å². The minimum atomic E-state index is -3.81. The third-order valence-corrected chi connectivity index (χ3v) is 8.16. The Bertz CT molecular complexity index is 1050. The Balaban J connectivity index is 1.53. The molecule has 2 aromatic carbocycles. The molecule has 9 heteroatoms. The van der Waals surface area contributed by atoms with Gasteiger partial charge in [-0.15, -0.1) is 0 Å². The molecule has 178 valence electrons. The van der Waals surface area contributed by atoms with Gasteiger partial charge in [-0.05, 0) is 49.7 Å². The molecule has 2 heterocycles. The van der Waals surface area contributed by atoms with Gasteiger partial charge >= 0.3 is 0 Å². The Morgan fingerprint density at radius 3 is 2.42 bits per heavy atom. The summed E-state index contributed by atoms with van der Waals surface area (Å²) in [6, 6.07) is 14.8. The van der Waals surface area contributed by atoms with Crippen LogP contribution in [0.1, 0.15) is 34.8 Å². The van der Waals surface area contributed by atoms with Crippen molar-refractivity contribution < 1.29 is 22.7 Å². The highest BCUT2D eigenvalue weighted by molar-refractivity contribution is 7.89. The van der Waals surface area contributed by atoms with E-state index in [4.69, 9.17) is 9.47 Å². The molecule has 0 saturated carbocycles. The first-order valence-corrected chi connectivity index (χ1v) is 12.8. The average molecular weight is 474 g/mol. The molecule has 0 bridgehead atoms. The molecule has 8 nitrogen and oxygen atoms in total. The molecule has 2 saturated heterocycles. The molecule has 33 heavy (non-hydrogen) atoms. The maximum absolute atomic E-state index is 13.2. The van der Waals surface area contributed by atoms with E-state index in [0.717, 1.165) is 31.5 Å². The Morgan fingerprint density at radius 1 is 1.06 bits per heavy atom. The van der Waals surface area contributed by atoms with E-state index in [2.05, 4.69) is 22.3 Å². The number of morpholine rings is 1. The predicted octanol–water partition coefficient (Wildman–Crippen LogP) is 2.28. The van der Waals surface area contributed by atoms with Crippen LogP contribution >= 0.6 is 0 Å². The van der Waals surface area contributed by atoms with Crippen molar-refractivity contribution in [3.8, 4) is 5.75 Å². The van der Waals surface area contributed by atoms with Crippen molar-refractivity contribution in [1.29, 1.82) is 0 Å². The zero-order valence-electron chi connectivity index (χ0n) is 18.9. The van der Waals surface area contributed by atoms with Crippen LogP contribution in [0, 0.1) is 0 Å². The molecule has 1 N–H and O–H groups in total. The summed E-state index contributed by atoms with van der Waals surface area (Å²) in [5, 5.41) is 3.02. The number of nitrogens with zero attached hydrogens (tertiary/aromatic N) is 2. The molecule has 0 aromatic heterocycles. The van der Waals surface area contributed by atoms with E-state index in [0.29, 0.717) is 19.8 Å². The minimum Gasteiger partial charge on any atom is -0.495 e. The first-order valence-electron chi connectivity index (χ1n) is 11.3. The highest BCUT2D eigenvalue weighted by atomic mass is 32.2. The van der Waals surface area contributed by atoms with E-state index in [1.165, 1.54) is 23.5 Å². The molecule has 2 aliphatic rings. The maximum Gasteiger partial charge on any atom is 0.251 e. The summed E-state index contributed by atoms with van der Waals surface area (Å²) in [6.07, 6.45) is 2.30. The third-order valence-electron chi connectivity index (χ3n) is 6.24. The number of benzene rings is 2. The van der Waals surface area contributed by atoms with Crippen LogP contribution in [0.2, 0.25) is 0 Å². The van der Waals surface area contributed by atoms with Gasteiger partial charge in [0, 0.05) is 25.2 Å². The van der Waals surface area contributed by atoms with E-state index < -0.39 is 10.0 Å². The van der Waals surface area contributed by atoms with Crippen LogP contribution in [0.25, 0.3) is 0 Å². The molecule has 2 aromatic rings. The fraction of sp³-hybridized carbons (Fsp3) is 0.458. The Hall–Kier alpha value is -2.46. The Morgan fingerprint density at radius 2 is 1.76 bits per heavy atom. The van der Waals surface area contributed by atoms with Crippen LogP contribution in [0.4, 0.5) is 0 Å². The summed E-state index contributed by atoms with van der Waals surface area (Å²) >= 11 is 0. The van der Waals surface area contributed by atoms with Crippen LogP contribution in [-0.4, -0.2) is 76.6 Å². The normalized spacial score (nSPS) is 18.7. The molecule has 0 unspecified atom stereocenters. The number of sulfonamides is 1. The van der Waals surface area contributed by atoms with Gasteiger partial charge in [0.05, 0.1) is 26.4 Å². The second-order valence-electron chi connectivity index (χ2n) is 8.26. The van der Waals surface area contributed by atoms with E-state index in [1.54, 1.807) is 6.07 Å². The minimum absolute atomic E-state index is 0.00120. The molecule has 4 rings (SSSR count). The number of nitrogens with one attached hydrogen (secondary N) is 1. The smallest absolute Gasteiger partial charge is 0.251 e. The lowest BCUT2D eigenvalue weighted by Crippen LogP contribution is -2.41. The second kappa shape index (κ2) is 10.6. The largest absolute Gasteiger partial charge is 0.495 e. The average Bonchev–Trinajstić information content (AvgIpc) is 3.39. The first kappa shape index (κ1) is 23.7. The zero-order chi connectivity index (χ0) is 23.3. The maximum atomic E-state index is 13.2. The summed E-state index contributed by atoms with van der Waals surface area (Å²) in [5.74, 6) is -0.0894. The number of carbonyl (C=O) groups is 1. The van der Waals surface area contributed by atoms with E-state index in [-0.39, 0.29) is 41.2 Å². The van der Waals surface area contributed by atoms with Crippen molar-refractivity contribution in [3.63, 3.8) is 0 Å². The summed E-state index contributed by atoms with van der Waals surface area (Å²) in [5.41, 5.74) is 1.45. The van der Waals surface area contributed by atoms with Gasteiger partial charge < -0.3 is 14.8 Å². The molecule has 0 aliphatic carbocycles. The fourth-order valence-electron chi connectivity index (χ4n) is 4.42. The number of ether oxygens (including phenoxy) is 2. The predicted molar refractivity (Wildman–Crippen MR) is 125 cm³/mol. The monoisotopic (exact) mass is 473 g/mol. The zero-order valence-corrected chi connectivity index (χ0v) is 19.7. The number of amides is 1. The van der Waals surface area contributed by atoms with Crippen LogP contribution in [-0.2, 0) is 14.8 Å². The summed E-state index contributed by atoms with van der Waals surface area (Å²) in [7, 11) is -2.38. The molecule has 0 spiro atoms. The summed E-state index contributed by atoms with van der Waals surface area (Å²) < 4.78 is 38.4. The van der Waals surface area contributed by atoms with Gasteiger partial charge in [0.1, 0.15) is 10.6 Å². The molecule has 1 amide bonds. The van der Waals surface area contributed by atoms with Gasteiger partial charge in [0.2, 0.25) is 10.0 Å². The highest BCUT2D eigenvalue weighted by Gasteiger charge is 2.30. The van der Waals surface area contributed by atoms with Gasteiger partial charge in [0.25, 0.3) is 5.91 Å². The topological polar surface area (TPSA) is 88.2 Å². The number of rotatable bonds is 8. The number of carbonyl (C=O) groups excluding carboxylic acids is 1. The highest BCUT2D eigenvalue weighted by Crippen LogP contribution is 2.29. The van der Waals surface area contributed by atoms with E-state index in [1.807, 2.05) is 18.2 Å². The van der Waals surface area contributed by atoms with Gasteiger partial charge in [-0.25, -0.2) is 8.42 Å². The fourth-order valence-corrected chi connectivity index (χ4v) is 6.01. The van der Waals surface area contributed by atoms with Crippen molar-refractivity contribution in [1.82, 2.24) is 14.5 Å².